The zero-order chi connectivity index (χ0) is 13.7. The van der Waals surface area contributed by atoms with Crippen molar-refractivity contribution in [3.05, 3.63) is 40.6 Å². The van der Waals surface area contributed by atoms with E-state index in [0.29, 0.717) is 11.4 Å². The first-order valence-electron chi connectivity index (χ1n) is 5.83. The molecule has 0 fully saturated rings. The van der Waals surface area contributed by atoms with E-state index in [2.05, 4.69) is 9.72 Å². The number of methoxy groups -OCH3 is 1. The molecule has 0 amide bonds. The second-order valence-electron chi connectivity index (χ2n) is 4.00. The third kappa shape index (κ3) is 3.75. The molecule has 0 aliphatic heterocycles. The second kappa shape index (κ2) is 6.29. The molecule has 0 aliphatic carbocycles. The summed E-state index contributed by atoms with van der Waals surface area (Å²) in [4.78, 5) is 28.6. The van der Waals surface area contributed by atoms with Crippen molar-refractivity contribution in [3.8, 4) is 0 Å². The lowest BCUT2D eigenvalue weighted by molar-refractivity contribution is -0.140. The molecule has 19 heavy (non-hydrogen) atoms. The third-order valence-corrected chi connectivity index (χ3v) is 3.73. The molecule has 0 spiro atoms. The molecular formula is C13H14N2O3S. The van der Waals surface area contributed by atoms with E-state index >= 15 is 0 Å². The molecule has 100 valence electrons. The smallest absolute Gasteiger partial charge is 0.305 e. The van der Waals surface area contributed by atoms with Crippen LogP contribution in [0, 0.1) is 0 Å². The Morgan fingerprint density at radius 1 is 1.37 bits per heavy atom. The van der Waals surface area contributed by atoms with E-state index in [1.54, 1.807) is 18.6 Å². The molecule has 2 rings (SSSR count). The SMILES string of the molecule is COC(=O)CCC(=O)c1ccc(Cn2ccnc2)s1. The predicted octanol–water partition coefficient (Wildman–Crippen LogP) is 2.13. The van der Waals surface area contributed by atoms with Gasteiger partial charge in [0.25, 0.3) is 0 Å². The number of nitrogens with zero attached hydrogens (tertiary/aromatic N) is 2. The molecule has 0 aliphatic rings. The van der Waals surface area contributed by atoms with Crippen LogP contribution in [0.5, 0.6) is 0 Å². The Hall–Kier alpha value is -1.95. The Bertz CT molecular complexity index is 560. The molecule has 0 atom stereocenters. The number of imidazole rings is 1. The number of Topliss-reactive ketones (excluding diaryl/α,β-unsaturated/α-hetero) is 1. The second-order valence-corrected chi connectivity index (χ2v) is 5.17. The van der Waals surface area contributed by atoms with E-state index in [9.17, 15) is 9.59 Å². The van der Waals surface area contributed by atoms with Gasteiger partial charge in [-0.2, -0.15) is 0 Å². The lowest BCUT2D eigenvalue weighted by Gasteiger charge is -1.98. The molecule has 6 heteroatoms. The molecule has 0 radical (unpaired) electrons. The quantitative estimate of drug-likeness (QED) is 0.600. The Kier molecular flexibility index (Phi) is 4.46. The van der Waals surface area contributed by atoms with Gasteiger partial charge in [-0.15, -0.1) is 11.3 Å². The van der Waals surface area contributed by atoms with Gasteiger partial charge in [0.15, 0.2) is 5.78 Å². The summed E-state index contributed by atoms with van der Waals surface area (Å²) in [6.07, 6.45) is 5.65. The molecule has 0 aromatic carbocycles. The van der Waals surface area contributed by atoms with Crippen molar-refractivity contribution in [2.24, 2.45) is 0 Å². The summed E-state index contributed by atoms with van der Waals surface area (Å²) in [6.45, 7) is 0.703. The first kappa shape index (κ1) is 13.5. The van der Waals surface area contributed by atoms with Gasteiger partial charge in [0.2, 0.25) is 0 Å². The average molecular weight is 278 g/mol. The van der Waals surface area contributed by atoms with Gasteiger partial charge in [-0.3, -0.25) is 9.59 Å². The molecule has 0 bridgehead atoms. The molecule has 2 aromatic rings. The summed E-state index contributed by atoms with van der Waals surface area (Å²) in [5.41, 5.74) is 0. The fourth-order valence-electron chi connectivity index (χ4n) is 1.61. The average Bonchev–Trinajstić information content (AvgIpc) is 3.07. The van der Waals surface area contributed by atoms with Gasteiger partial charge < -0.3 is 9.30 Å². The maximum atomic E-state index is 11.9. The van der Waals surface area contributed by atoms with Crippen molar-refractivity contribution in [3.63, 3.8) is 0 Å². The van der Waals surface area contributed by atoms with E-state index in [1.165, 1.54) is 18.4 Å². The number of ether oxygens (including phenoxy) is 1. The highest BCUT2D eigenvalue weighted by Crippen LogP contribution is 2.19. The van der Waals surface area contributed by atoms with Gasteiger partial charge in [0.05, 0.1) is 31.3 Å². The Morgan fingerprint density at radius 3 is 2.89 bits per heavy atom. The molecule has 0 N–H and O–H groups in total. The van der Waals surface area contributed by atoms with Crippen molar-refractivity contribution in [1.82, 2.24) is 9.55 Å². The first-order chi connectivity index (χ1) is 9.19. The van der Waals surface area contributed by atoms with E-state index in [1.807, 2.05) is 16.8 Å². The highest BCUT2D eigenvalue weighted by molar-refractivity contribution is 7.14. The van der Waals surface area contributed by atoms with E-state index < -0.39 is 0 Å². The predicted molar refractivity (Wildman–Crippen MR) is 71.2 cm³/mol. The van der Waals surface area contributed by atoms with Crippen LogP contribution in [-0.2, 0) is 16.1 Å². The van der Waals surface area contributed by atoms with Crippen LogP contribution in [0.1, 0.15) is 27.4 Å². The third-order valence-electron chi connectivity index (χ3n) is 2.62. The fraction of sp³-hybridized carbons (Fsp3) is 0.308. The standard InChI is InChI=1S/C13H14N2O3S/c1-18-13(17)5-3-11(16)12-4-2-10(19-12)8-15-7-6-14-9-15/h2,4,6-7,9H,3,5,8H2,1H3. The number of hydrogen-bond donors (Lipinski definition) is 0. The molecule has 0 saturated heterocycles. The van der Waals surface area contributed by atoms with E-state index in [0.717, 1.165) is 4.88 Å². The number of thiophene rings is 1. The maximum absolute atomic E-state index is 11.9. The van der Waals surface area contributed by atoms with Crippen LogP contribution < -0.4 is 0 Å². The molecular weight excluding hydrogens is 264 g/mol. The van der Waals surface area contributed by atoms with Gasteiger partial charge in [0.1, 0.15) is 0 Å². The van der Waals surface area contributed by atoms with Crippen molar-refractivity contribution in [2.75, 3.05) is 7.11 Å². The van der Waals surface area contributed by atoms with Crippen molar-refractivity contribution >= 4 is 23.1 Å². The number of carbonyl (C=O) groups excluding carboxylic acids is 2. The van der Waals surface area contributed by atoms with Crippen LogP contribution in [0.3, 0.4) is 0 Å². The summed E-state index contributed by atoms with van der Waals surface area (Å²) < 4.78 is 6.45. The number of rotatable bonds is 6. The van der Waals surface area contributed by atoms with E-state index in [-0.39, 0.29) is 24.6 Å². The molecule has 2 heterocycles. The lowest BCUT2D eigenvalue weighted by atomic mass is 10.2. The summed E-state index contributed by atoms with van der Waals surface area (Å²) in [5, 5.41) is 0. The largest absolute Gasteiger partial charge is 0.469 e. The van der Waals surface area contributed by atoms with Gasteiger partial charge in [0, 0.05) is 23.7 Å². The highest BCUT2D eigenvalue weighted by Gasteiger charge is 2.12. The maximum Gasteiger partial charge on any atom is 0.305 e. The van der Waals surface area contributed by atoms with Crippen molar-refractivity contribution in [1.29, 1.82) is 0 Å². The van der Waals surface area contributed by atoms with Crippen LogP contribution in [0.15, 0.2) is 30.9 Å². The van der Waals surface area contributed by atoms with Gasteiger partial charge in [-0.25, -0.2) is 4.98 Å². The number of esters is 1. The van der Waals surface area contributed by atoms with E-state index in [4.69, 9.17) is 0 Å². The van der Waals surface area contributed by atoms with Crippen LogP contribution in [0.25, 0.3) is 0 Å². The summed E-state index contributed by atoms with van der Waals surface area (Å²) in [7, 11) is 1.32. The monoisotopic (exact) mass is 278 g/mol. The lowest BCUT2D eigenvalue weighted by Crippen LogP contribution is -2.04. The molecule has 2 aromatic heterocycles. The fourth-order valence-corrected chi connectivity index (χ4v) is 2.60. The van der Waals surface area contributed by atoms with Crippen molar-refractivity contribution in [2.45, 2.75) is 19.4 Å². The minimum absolute atomic E-state index is 0.0210. The van der Waals surface area contributed by atoms with Crippen LogP contribution in [0.4, 0.5) is 0 Å². The summed E-state index contributed by atoms with van der Waals surface area (Å²) in [5.74, 6) is -0.379. The first-order valence-corrected chi connectivity index (χ1v) is 6.65. The summed E-state index contributed by atoms with van der Waals surface area (Å²) in [6, 6.07) is 3.73. The Morgan fingerprint density at radius 2 is 2.21 bits per heavy atom. The number of carbonyl (C=O) groups is 2. The Balaban J connectivity index is 1.93. The summed E-state index contributed by atoms with van der Waals surface area (Å²) >= 11 is 1.45. The van der Waals surface area contributed by atoms with Gasteiger partial charge in [-0.1, -0.05) is 0 Å². The molecule has 0 unspecified atom stereocenters. The minimum atomic E-state index is -0.358. The minimum Gasteiger partial charge on any atom is -0.469 e. The highest BCUT2D eigenvalue weighted by atomic mass is 32.1. The number of ketones is 1. The zero-order valence-electron chi connectivity index (χ0n) is 10.5. The molecule has 0 saturated carbocycles. The van der Waals surface area contributed by atoms with Gasteiger partial charge in [-0.05, 0) is 12.1 Å². The topological polar surface area (TPSA) is 61.2 Å². The van der Waals surface area contributed by atoms with Crippen LogP contribution >= 0.6 is 11.3 Å². The molecule has 5 nitrogen and oxygen atoms in total. The number of hydrogen-bond acceptors (Lipinski definition) is 5. The number of aromatic nitrogens is 2. The zero-order valence-corrected chi connectivity index (χ0v) is 11.4. The van der Waals surface area contributed by atoms with Gasteiger partial charge >= 0.3 is 5.97 Å². The normalized spacial score (nSPS) is 10.4. The van der Waals surface area contributed by atoms with Crippen LogP contribution in [0.2, 0.25) is 0 Å². The van der Waals surface area contributed by atoms with Crippen molar-refractivity contribution < 1.29 is 14.3 Å². The Labute approximate surface area is 114 Å². The van der Waals surface area contributed by atoms with Crippen LogP contribution in [-0.4, -0.2) is 28.4 Å².